The molecule has 60 valence electrons. The second-order valence-electron chi connectivity index (χ2n) is 1.64. The van der Waals surface area contributed by atoms with Crippen molar-refractivity contribution < 1.29 is 15.4 Å². The average molecular weight is 156 g/mol. The van der Waals surface area contributed by atoms with Crippen LogP contribution in [0.1, 0.15) is 0 Å². The molecule has 0 aromatic rings. The minimum absolute atomic E-state index is 0. The molecule has 0 spiro atoms. The summed E-state index contributed by atoms with van der Waals surface area (Å²) in [6, 6.07) is 0. The van der Waals surface area contributed by atoms with Crippen LogP contribution in [0.4, 0.5) is 4.79 Å². The summed E-state index contributed by atoms with van der Waals surface area (Å²) in [7, 11) is 0. The summed E-state index contributed by atoms with van der Waals surface area (Å²) >= 11 is 0. The standard InChI is InChI=1S/C6H6N2O2.H2O/c9-6(10)8-4-2-1-3-7-5-8;/h1-5H,(H,9,10);1H2. The van der Waals surface area contributed by atoms with Crippen LogP contribution in [0.5, 0.6) is 0 Å². The van der Waals surface area contributed by atoms with Crippen LogP contribution < -0.4 is 0 Å². The van der Waals surface area contributed by atoms with E-state index in [9.17, 15) is 4.79 Å². The number of carbonyl (C=O) groups is 1. The first-order chi connectivity index (χ1) is 4.80. The Balaban J connectivity index is 0.000001000. The molecule has 1 aliphatic heterocycles. The quantitative estimate of drug-likeness (QED) is 0.543. The SMILES string of the molecule is O.O=C(O)N1C=CC=CN=C1. The van der Waals surface area contributed by atoms with E-state index in [1.807, 2.05) is 0 Å². The Morgan fingerprint density at radius 1 is 1.45 bits per heavy atom. The number of carboxylic acid groups (broad SMARTS) is 1. The molecule has 5 nitrogen and oxygen atoms in total. The molecule has 1 heterocycles. The highest BCUT2D eigenvalue weighted by molar-refractivity contribution is 5.82. The van der Waals surface area contributed by atoms with E-state index >= 15 is 0 Å². The van der Waals surface area contributed by atoms with E-state index in [1.165, 1.54) is 18.7 Å². The lowest BCUT2D eigenvalue weighted by molar-refractivity contribution is 0.181. The van der Waals surface area contributed by atoms with Gasteiger partial charge in [0.25, 0.3) is 0 Å². The first-order valence-corrected chi connectivity index (χ1v) is 2.68. The third kappa shape index (κ3) is 2.63. The lowest BCUT2D eigenvalue weighted by Crippen LogP contribution is -2.20. The number of nitrogens with zero attached hydrogens (tertiary/aromatic N) is 2. The Hall–Kier alpha value is -1.62. The second-order valence-corrected chi connectivity index (χ2v) is 1.64. The van der Waals surface area contributed by atoms with Crippen LogP contribution >= 0.6 is 0 Å². The lowest BCUT2D eigenvalue weighted by atomic mass is 10.6. The van der Waals surface area contributed by atoms with Crippen LogP contribution in [0.25, 0.3) is 0 Å². The fourth-order valence-corrected chi connectivity index (χ4v) is 0.504. The van der Waals surface area contributed by atoms with Crippen molar-refractivity contribution in [3.05, 3.63) is 24.6 Å². The Labute approximate surface area is 63.3 Å². The fraction of sp³-hybridized carbons (Fsp3) is 0. The molecule has 1 aliphatic rings. The van der Waals surface area contributed by atoms with Gasteiger partial charge in [0.05, 0.1) is 0 Å². The van der Waals surface area contributed by atoms with Crippen molar-refractivity contribution in [3.63, 3.8) is 0 Å². The number of aliphatic imine (C=N–C) groups is 1. The first kappa shape index (κ1) is 9.38. The van der Waals surface area contributed by atoms with Crippen LogP contribution in [0, 0.1) is 0 Å². The molecule has 5 heteroatoms. The van der Waals surface area contributed by atoms with E-state index in [0.717, 1.165) is 4.90 Å². The smallest absolute Gasteiger partial charge is 0.416 e. The normalized spacial score (nSPS) is 14.0. The highest BCUT2D eigenvalue weighted by Gasteiger charge is 2.03. The van der Waals surface area contributed by atoms with Gasteiger partial charge >= 0.3 is 6.09 Å². The van der Waals surface area contributed by atoms with Gasteiger partial charge in [0, 0.05) is 12.4 Å². The van der Waals surface area contributed by atoms with Crippen LogP contribution in [0.2, 0.25) is 0 Å². The third-order valence-corrected chi connectivity index (χ3v) is 0.942. The summed E-state index contributed by atoms with van der Waals surface area (Å²) < 4.78 is 0. The van der Waals surface area contributed by atoms with Gasteiger partial charge in [-0.05, 0) is 12.2 Å². The fourth-order valence-electron chi connectivity index (χ4n) is 0.504. The summed E-state index contributed by atoms with van der Waals surface area (Å²) in [5.41, 5.74) is 0. The molecule has 0 saturated heterocycles. The first-order valence-electron chi connectivity index (χ1n) is 2.68. The summed E-state index contributed by atoms with van der Waals surface area (Å²) in [4.78, 5) is 14.9. The second kappa shape index (κ2) is 4.24. The van der Waals surface area contributed by atoms with Crippen molar-refractivity contribution in [2.45, 2.75) is 0 Å². The number of allylic oxidation sites excluding steroid dienone is 2. The Morgan fingerprint density at radius 3 is 2.82 bits per heavy atom. The van der Waals surface area contributed by atoms with Crippen LogP contribution in [-0.2, 0) is 0 Å². The molecule has 0 aromatic heterocycles. The molecular formula is C6H8N2O3. The van der Waals surface area contributed by atoms with E-state index in [-0.39, 0.29) is 5.48 Å². The van der Waals surface area contributed by atoms with Gasteiger partial charge in [-0.1, -0.05) is 0 Å². The van der Waals surface area contributed by atoms with Crippen LogP contribution in [0.3, 0.4) is 0 Å². The van der Waals surface area contributed by atoms with Gasteiger partial charge in [-0.15, -0.1) is 0 Å². The average Bonchev–Trinajstić information content (AvgIpc) is 2.12. The monoisotopic (exact) mass is 156 g/mol. The molecule has 0 aliphatic carbocycles. The van der Waals surface area contributed by atoms with E-state index in [2.05, 4.69) is 4.99 Å². The molecule has 0 atom stereocenters. The predicted molar refractivity (Wildman–Crippen MR) is 40.2 cm³/mol. The van der Waals surface area contributed by atoms with Gasteiger partial charge in [-0.25, -0.2) is 14.7 Å². The number of hydrogen-bond acceptors (Lipinski definition) is 2. The molecular weight excluding hydrogens is 148 g/mol. The number of amides is 1. The zero-order chi connectivity index (χ0) is 7.40. The van der Waals surface area contributed by atoms with Crippen molar-refractivity contribution in [1.82, 2.24) is 4.90 Å². The maximum absolute atomic E-state index is 10.3. The minimum Gasteiger partial charge on any atom is -0.464 e. The molecule has 1 amide bonds. The van der Waals surface area contributed by atoms with Gasteiger partial charge in [0.1, 0.15) is 6.34 Å². The van der Waals surface area contributed by atoms with E-state index < -0.39 is 6.09 Å². The molecule has 3 N–H and O–H groups in total. The molecule has 0 bridgehead atoms. The van der Waals surface area contributed by atoms with Gasteiger partial charge < -0.3 is 10.6 Å². The van der Waals surface area contributed by atoms with Crippen LogP contribution in [-0.4, -0.2) is 27.9 Å². The highest BCUT2D eigenvalue weighted by Crippen LogP contribution is 1.92. The maximum Gasteiger partial charge on any atom is 0.416 e. The topological polar surface area (TPSA) is 84.4 Å². The van der Waals surface area contributed by atoms with E-state index in [1.54, 1.807) is 12.2 Å². The molecule has 0 radical (unpaired) electrons. The molecule has 0 fully saturated rings. The van der Waals surface area contributed by atoms with Crippen LogP contribution in [0.15, 0.2) is 29.5 Å². The van der Waals surface area contributed by atoms with Crippen molar-refractivity contribution in [2.75, 3.05) is 0 Å². The lowest BCUT2D eigenvalue weighted by Gasteiger charge is -2.03. The summed E-state index contributed by atoms with van der Waals surface area (Å²) in [6.07, 6.45) is 6.36. The van der Waals surface area contributed by atoms with Gasteiger partial charge in [0.2, 0.25) is 0 Å². The molecule has 0 saturated carbocycles. The zero-order valence-electron chi connectivity index (χ0n) is 5.64. The number of rotatable bonds is 0. The minimum atomic E-state index is -1.04. The summed E-state index contributed by atoms with van der Waals surface area (Å²) in [6.45, 7) is 0. The third-order valence-electron chi connectivity index (χ3n) is 0.942. The zero-order valence-corrected chi connectivity index (χ0v) is 5.64. The Bertz CT molecular complexity index is 204. The summed E-state index contributed by atoms with van der Waals surface area (Å²) in [5.74, 6) is 0. The van der Waals surface area contributed by atoms with Gasteiger partial charge in [-0.3, -0.25) is 0 Å². The largest absolute Gasteiger partial charge is 0.464 e. The predicted octanol–water partition coefficient (Wildman–Crippen LogP) is 0.211. The Morgan fingerprint density at radius 2 is 2.18 bits per heavy atom. The highest BCUT2D eigenvalue weighted by atomic mass is 16.4. The molecule has 0 aromatic carbocycles. The molecule has 0 unspecified atom stereocenters. The molecule has 11 heavy (non-hydrogen) atoms. The van der Waals surface area contributed by atoms with Crippen molar-refractivity contribution >= 4 is 12.4 Å². The van der Waals surface area contributed by atoms with E-state index in [4.69, 9.17) is 5.11 Å². The Kier molecular flexibility index (Phi) is 3.61. The maximum atomic E-state index is 10.3. The van der Waals surface area contributed by atoms with Gasteiger partial charge in [0.15, 0.2) is 0 Å². The van der Waals surface area contributed by atoms with Crippen molar-refractivity contribution in [3.8, 4) is 0 Å². The van der Waals surface area contributed by atoms with Crippen molar-refractivity contribution in [2.24, 2.45) is 4.99 Å². The van der Waals surface area contributed by atoms with Gasteiger partial charge in [-0.2, -0.15) is 0 Å². The van der Waals surface area contributed by atoms with Crippen molar-refractivity contribution in [1.29, 1.82) is 0 Å². The summed E-state index contributed by atoms with van der Waals surface area (Å²) in [5, 5.41) is 8.42. The molecule has 1 rings (SSSR count). The van der Waals surface area contributed by atoms with E-state index in [0.29, 0.717) is 0 Å². The number of hydrogen-bond donors (Lipinski definition) is 1.